The average molecular weight is 297 g/mol. The van der Waals surface area contributed by atoms with Crippen LogP contribution in [0.1, 0.15) is 13.3 Å². The predicted molar refractivity (Wildman–Crippen MR) is 72.6 cm³/mol. The van der Waals surface area contributed by atoms with Crippen LogP contribution in [0.15, 0.2) is 28.7 Å². The van der Waals surface area contributed by atoms with Gasteiger partial charge in [-0.3, -0.25) is 0 Å². The number of anilines is 1. The number of hydrogen-bond acceptors (Lipinski definition) is 3. The van der Waals surface area contributed by atoms with Crippen molar-refractivity contribution >= 4 is 33.4 Å². The van der Waals surface area contributed by atoms with Crippen molar-refractivity contribution in [3.63, 3.8) is 0 Å². The lowest BCUT2D eigenvalue weighted by atomic mass is 9.94. The van der Waals surface area contributed by atoms with E-state index in [0.717, 1.165) is 22.3 Å². The highest BCUT2D eigenvalue weighted by Gasteiger charge is 2.41. The topological polar surface area (TPSA) is 35.8 Å². The highest BCUT2D eigenvalue weighted by Crippen LogP contribution is 2.37. The van der Waals surface area contributed by atoms with Gasteiger partial charge in [0.05, 0.1) is 6.07 Å². The van der Waals surface area contributed by atoms with Crippen LogP contribution in [0.4, 0.5) is 5.69 Å². The number of thioether (sulfide) groups is 1. The molecule has 0 bridgehead atoms. The fourth-order valence-corrected chi connectivity index (χ4v) is 3.44. The zero-order valence-corrected chi connectivity index (χ0v) is 11.4. The van der Waals surface area contributed by atoms with Crippen LogP contribution in [0.2, 0.25) is 0 Å². The van der Waals surface area contributed by atoms with Crippen LogP contribution in [0.3, 0.4) is 0 Å². The molecule has 1 aliphatic heterocycles. The Hall–Kier alpha value is -0.660. The number of nitriles is 1. The third-order valence-corrected chi connectivity index (χ3v) is 4.84. The van der Waals surface area contributed by atoms with Crippen LogP contribution in [0.5, 0.6) is 0 Å². The molecule has 1 saturated heterocycles. The summed E-state index contributed by atoms with van der Waals surface area (Å²) in [6.45, 7) is 2.12. The molecule has 0 aromatic heterocycles. The van der Waals surface area contributed by atoms with E-state index < -0.39 is 5.54 Å². The summed E-state index contributed by atoms with van der Waals surface area (Å²) in [6, 6.07) is 10.4. The van der Waals surface area contributed by atoms with Crippen molar-refractivity contribution in [3.05, 3.63) is 28.7 Å². The van der Waals surface area contributed by atoms with Gasteiger partial charge in [-0.1, -0.05) is 15.9 Å². The lowest BCUT2D eigenvalue weighted by Crippen LogP contribution is -2.41. The van der Waals surface area contributed by atoms with Gasteiger partial charge in [-0.2, -0.15) is 17.0 Å². The molecule has 84 valence electrons. The Morgan fingerprint density at radius 2 is 2.19 bits per heavy atom. The first-order valence-corrected chi connectivity index (χ1v) is 7.07. The molecule has 4 heteroatoms. The molecule has 0 amide bonds. The zero-order valence-electron chi connectivity index (χ0n) is 9.03. The van der Waals surface area contributed by atoms with Gasteiger partial charge in [0, 0.05) is 15.4 Å². The van der Waals surface area contributed by atoms with Crippen molar-refractivity contribution in [1.29, 1.82) is 5.26 Å². The Morgan fingerprint density at radius 1 is 1.50 bits per heavy atom. The van der Waals surface area contributed by atoms with Crippen LogP contribution in [-0.4, -0.2) is 16.5 Å². The van der Waals surface area contributed by atoms with Gasteiger partial charge < -0.3 is 5.32 Å². The summed E-state index contributed by atoms with van der Waals surface area (Å²) in [5, 5.41) is 13.1. The van der Waals surface area contributed by atoms with E-state index in [0.29, 0.717) is 5.25 Å². The smallest absolute Gasteiger partial charge is 0.137 e. The molecule has 1 aliphatic rings. The molecule has 1 aromatic rings. The van der Waals surface area contributed by atoms with Gasteiger partial charge in [-0.05, 0) is 43.4 Å². The molecule has 1 heterocycles. The minimum atomic E-state index is -0.404. The molecule has 2 unspecified atom stereocenters. The van der Waals surface area contributed by atoms with E-state index in [1.54, 1.807) is 0 Å². The molecule has 2 rings (SSSR count). The lowest BCUT2D eigenvalue weighted by Gasteiger charge is -2.27. The molecular weight excluding hydrogens is 284 g/mol. The van der Waals surface area contributed by atoms with Crippen molar-refractivity contribution in [1.82, 2.24) is 0 Å². The molecule has 2 nitrogen and oxygen atoms in total. The second kappa shape index (κ2) is 4.68. The minimum Gasteiger partial charge on any atom is -0.366 e. The normalized spacial score (nSPS) is 28.7. The van der Waals surface area contributed by atoms with E-state index in [9.17, 15) is 5.26 Å². The van der Waals surface area contributed by atoms with Crippen molar-refractivity contribution in [2.75, 3.05) is 11.1 Å². The summed E-state index contributed by atoms with van der Waals surface area (Å²) in [6.07, 6.45) is 0.908. The summed E-state index contributed by atoms with van der Waals surface area (Å²) in [7, 11) is 0. The summed E-state index contributed by atoms with van der Waals surface area (Å²) < 4.78 is 1.05. The van der Waals surface area contributed by atoms with Crippen LogP contribution < -0.4 is 5.32 Å². The van der Waals surface area contributed by atoms with Crippen molar-refractivity contribution in [3.8, 4) is 6.07 Å². The standard InChI is InChI=1S/C12H13BrN2S/c1-9-12(8-14,6-7-16-9)15-11-4-2-10(13)3-5-11/h2-5,9,15H,6-7H2,1H3. The van der Waals surface area contributed by atoms with Crippen molar-refractivity contribution < 1.29 is 0 Å². The molecule has 1 aromatic carbocycles. The molecule has 0 radical (unpaired) electrons. The van der Waals surface area contributed by atoms with Gasteiger partial charge in [0.2, 0.25) is 0 Å². The summed E-state index contributed by atoms with van der Waals surface area (Å²) in [4.78, 5) is 0. The third-order valence-electron chi connectivity index (χ3n) is 2.97. The van der Waals surface area contributed by atoms with Gasteiger partial charge in [-0.15, -0.1) is 0 Å². The number of benzene rings is 1. The molecular formula is C12H13BrN2S. The van der Waals surface area contributed by atoms with Crippen LogP contribution in [0.25, 0.3) is 0 Å². The summed E-state index contributed by atoms with van der Waals surface area (Å²) in [5.41, 5.74) is 0.609. The van der Waals surface area contributed by atoms with Gasteiger partial charge in [0.25, 0.3) is 0 Å². The molecule has 0 saturated carbocycles. The SMILES string of the molecule is CC1SCCC1(C#N)Nc1ccc(Br)cc1. The third kappa shape index (κ3) is 2.21. The number of nitrogens with zero attached hydrogens (tertiary/aromatic N) is 1. The highest BCUT2D eigenvalue weighted by molar-refractivity contribution is 9.10. The second-order valence-corrected chi connectivity index (χ2v) is 6.34. The van der Waals surface area contributed by atoms with Gasteiger partial charge >= 0.3 is 0 Å². The van der Waals surface area contributed by atoms with E-state index in [-0.39, 0.29) is 0 Å². The maximum atomic E-state index is 9.37. The number of nitrogens with one attached hydrogen (secondary N) is 1. The zero-order chi connectivity index (χ0) is 11.6. The summed E-state index contributed by atoms with van der Waals surface area (Å²) in [5.74, 6) is 1.05. The fourth-order valence-electron chi connectivity index (χ4n) is 1.87. The first kappa shape index (κ1) is 11.8. The van der Waals surface area contributed by atoms with E-state index in [4.69, 9.17) is 0 Å². The molecule has 1 N–H and O–H groups in total. The Labute approximate surface area is 109 Å². The highest BCUT2D eigenvalue weighted by atomic mass is 79.9. The first-order chi connectivity index (χ1) is 7.66. The van der Waals surface area contributed by atoms with E-state index in [1.165, 1.54) is 0 Å². The lowest BCUT2D eigenvalue weighted by molar-refractivity contribution is 0.592. The quantitative estimate of drug-likeness (QED) is 0.905. The van der Waals surface area contributed by atoms with Crippen LogP contribution in [-0.2, 0) is 0 Å². The van der Waals surface area contributed by atoms with Gasteiger partial charge in [0.15, 0.2) is 0 Å². The van der Waals surface area contributed by atoms with Gasteiger partial charge in [-0.25, -0.2) is 0 Å². The Bertz CT molecular complexity index is 412. The van der Waals surface area contributed by atoms with Crippen molar-refractivity contribution in [2.24, 2.45) is 0 Å². The van der Waals surface area contributed by atoms with Crippen LogP contribution >= 0.6 is 27.7 Å². The predicted octanol–water partition coefficient (Wildman–Crippen LogP) is 3.65. The Kier molecular flexibility index (Phi) is 3.46. The largest absolute Gasteiger partial charge is 0.366 e. The average Bonchev–Trinajstić information content (AvgIpc) is 2.64. The Morgan fingerprint density at radius 3 is 2.69 bits per heavy atom. The molecule has 0 spiro atoms. The number of halogens is 1. The van der Waals surface area contributed by atoms with E-state index in [2.05, 4.69) is 34.2 Å². The van der Waals surface area contributed by atoms with E-state index >= 15 is 0 Å². The fraction of sp³-hybridized carbons (Fsp3) is 0.417. The molecule has 2 atom stereocenters. The summed E-state index contributed by atoms with van der Waals surface area (Å²) >= 11 is 5.26. The molecule has 0 aliphatic carbocycles. The number of rotatable bonds is 2. The maximum absolute atomic E-state index is 9.37. The monoisotopic (exact) mass is 296 g/mol. The Balaban J connectivity index is 2.19. The molecule has 16 heavy (non-hydrogen) atoms. The molecule has 1 fully saturated rings. The minimum absolute atomic E-state index is 0.334. The maximum Gasteiger partial charge on any atom is 0.137 e. The van der Waals surface area contributed by atoms with Gasteiger partial charge in [0.1, 0.15) is 5.54 Å². The van der Waals surface area contributed by atoms with Crippen LogP contribution in [0, 0.1) is 11.3 Å². The van der Waals surface area contributed by atoms with E-state index in [1.807, 2.05) is 36.0 Å². The second-order valence-electron chi connectivity index (χ2n) is 3.98. The number of hydrogen-bond donors (Lipinski definition) is 1. The van der Waals surface area contributed by atoms with Crippen molar-refractivity contribution in [2.45, 2.75) is 24.1 Å². The first-order valence-electron chi connectivity index (χ1n) is 5.23.